The van der Waals surface area contributed by atoms with Crippen LogP contribution in [0.4, 0.5) is 28.9 Å². The van der Waals surface area contributed by atoms with Gasteiger partial charge < -0.3 is 14.5 Å². The molecule has 6 nitrogen and oxygen atoms in total. The molecule has 0 aromatic heterocycles. The van der Waals surface area contributed by atoms with E-state index in [4.69, 9.17) is 9.57 Å². The van der Waals surface area contributed by atoms with Crippen molar-refractivity contribution < 1.29 is 36.7 Å². The molecule has 5 aromatic carbocycles. The van der Waals surface area contributed by atoms with Crippen LogP contribution in [-0.2, 0) is 9.63 Å². The summed E-state index contributed by atoms with van der Waals surface area (Å²) in [5.41, 5.74) is 6.75. The zero-order valence-electron chi connectivity index (χ0n) is 32.7. The van der Waals surface area contributed by atoms with Crippen LogP contribution in [0.2, 0.25) is 0 Å². The number of carbonyl (C=O) groups is 2. The lowest BCUT2D eigenvalue weighted by Gasteiger charge is -2.31. The maximum atomic E-state index is 14.2. The number of anilines is 2. The summed E-state index contributed by atoms with van der Waals surface area (Å²) in [6, 6.07) is 29.2. The van der Waals surface area contributed by atoms with Crippen molar-refractivity contribution >= 4 is 39.6 Å². The molecule has 0 heterocycles. The molecule has 294 valence electrons. The van der Waals surface area contributed by atoms with Gasteiger partial charge in [-0.15, -0.1) is 0 Å². The van der Waals surface area contributed by atoms with E-state index in [1.165, 1.54) is 25.1 Å². The van der Waals surface area contributed by atoms with Crippen LogP contribution in [-0.4, -0.2) is 43.0 Å². The van der Waals surface area contributed by atoms with E-state index in [0.29, 0.717) is 29.2 Å². The Labute approximate surface area is 326 Å². The summed E-state index contributed by atoms with van der Waals surface area (Å²) in [5, 5.41) is 5.80. The minimum absolute atomic E-state index is 0.0326. The SMILES string of the molecule is CCCCC(CC)CN(c1ccc(/C(=N\OC(C)=O)c2ccccc2OCC(F)(F)C(F)F)cc1)c1ccc(C(=O)c2c(C)cc(C)cc2C)c2ccccc12. The molecular weight excluding hydrogens is 721 g/mol. The summed E-state index contributed by atoms with van der Waals surface area (Å²) in [7, 11) is 0. The normalized spacial score (nSPS) is 12.5. The van der Waals surface area contributed by atoms with Gasteiger partial charge in [0.1, 0.15) is 11.5 Å². The molecule has 0 saturated heterocycles. The van der Waals surface area contributed by atoms with Crippen molar-refractivity contribution in [3.63, 3.8) is 0 Å². The number of hydrogen-bond acceptors (Lipinski definition) is 6. The number of rotatable bonds is 17. The van der Waals surface area contributed by atoms with Crippen LogP contribution in [0.15, 0.2) is 102 Å². The van der Waals surface area contributed by atoms with Crippen LogP contribution >= 0.6 is 0 Å². The zero-order chi connectivity index (χ0) is 40.6. The Bertz CT molecular complexity index is 2180. The van der Waals surface area contributed by atoms with Crippen molar-refractivity contribution in [2.75, 3.05) is 18.1 Å². The number of carbonyl (C=O) groups excluding carboxylic acids is 2. The monoisotopic (exact) mass is 768 g/mol. The lowest BCUT2D eigenvalue weighted by Crippen LogP contribution is -2.34. The van der Waals surface area contributed by atoms with Gasteiger partial charge in [0.2, 0.25) is 0 Å². The third-order valence-corrected chi connectivity index (χ3v) is 9.92. The number of fused-ring (bicyclic) bond motifs is 1. The fourth-order valence-corrected chi connectivity index (χ4v) is 7.10. The summed E-state index contributed by atoms with van der Waals surface area (Å²) < 4.78 is 58.9. The lowest BCUT2D eigenvalue weighted by molar-refractivity contribution is -0.148. The number of ketones is 1. The molecule has 5 aromatic rings. The van der Waals surface area contributed by atoms with E-state index < -0.39 is 24.9 Å². The number of unbranched alkanes of at least 4 members (excludes halogenated alkanes) is 1. The molecule has 0 fully saturated rings. The number of nitrogens with zero attached hydrogens (tertiary/aromatic N) is 2. The van der Waals surface area contributed by atoms with Gasteiger partial charge in [-0.1, -0.05) is 104 Å². The first-order valence-corrected chi connectivity index (χ1v) is 18.9. The van der Waals surface area contributed by atoms with Gasteiger partial charge in [-0.05, 0) is 86.0 Å². The van der Waals surface area contributed by atoms with E-state index in [2.05, 4.69) is 23.9 Å². The second-order valence-electron chi connectivity index (χ2n) is 14.2. The highest BCUT2D eigenvalue weighted by Crippen LogP contribution is 2.38. The van der Waals surface area contributed by atoms with E-state index in [1.807, 2.05) is 81.4 Å². The van der Waals surface area contributed by atoms with Crippen molar-refractivity contribution in [3.05, 3.63) is 136 Å². The van der Waals surface area contributed by atoms with Crippen molar-refractivity contribution in [3.8, 4) is 5.75 Å². The summed E-state index contributed by atoms with van der Waals surface area (Å²) in [4.78, 5) is 33.4. The highest BCUT2D eigenvalue weighted by atomic mass is 19.3. The maximum absolute atomic E-state index is 14.2. The largest absolute Gasteiger partial charge is 0.486 e. The average Bonchev–Trinajstić information content (AvgIpc) is 3.17. The first-order valence-electron chi connectivity index (χ1n) is 18.9. The highest BCUT2D eigenvalue weighted by molar-refractivity contribution is 6.19. The fourth-order valence-electron chi connectivity index (χ4n) is 7.10. The number of hydrogen-bond donors (Lipinski definition) is 0. The van der Waals surface area contributed by atoms with Gasteiger partial charge in [-0.2, -0.15) is 8.78 Å². The quantitative estimate of drug-likeness (QED) is 0.0310. The Kier molecular flexibility index (Phi) is 13.7. The first kappa shape index (κ1) is 41.6. The van der Waals surface area contributed by atoms with E-state index >= 15 is 0 Å². The molecule has 0 saturated carbocycles. The molecule has 0 N–H and O–H groups in total. The van der Waals surface area contributed by atoms with E-state index in [9.17, 15) is 27.2 Å². The standard InChI is InChI=1S/C46H48F4N2O4/c1-7-9-14-33(8-2)27-52(40-24-23-38(36-15-10-11-16-37(36)40)44(54)42-30(4)25-29(3)26-31(42)5)35-21-19-34(20-22-35)43(51-56-32(6)53)39-17-12-13-18-41(39)55-28-46(49,50)45(47)48/h10-13,15-26,33,45H,7-9,14,27-28H2,1-6H3/b51-43+. The van der Waals surface area contributed by atoms with Gasteiger partial charge in [0.25, 0.3) is 0 Å². The van der Waals surface area contributed by atoms with E-state index in [1.54, 1.807) is 18.2 Å². The van der Waals surface area contributed by atoms with Gasteiger partial charge >= 0.3 is 18.3 Å². The van der Waals surface area contributed by atoms with Crippen molar-refractivity contribution in [2.45, 2.75) is 79.6 Å². The van der Waals surface area contributed by atoms with Crippen LogP contribution in [0.1, 0.15) is 90.2 Å². The molecular formula is C46H48F4N2O4. The Morgan fingerprint density at radius 1 is 0.821 bits per heavy atom. The average molecular weight is 769 g/mol. The number of ether oxygens (including phenoxy) is 1. The van der Waals surface area contributed by atoms with Crippen LogP contribution in [0.5, 0.6) is 5.75 Å². The molecule has 0 aliphatic heterocycles. The smallest absolute Gasteiger partial charge is 0.340 e. The summed E-state index contributed by atoms with van der Waals surface area (Å²) in [6.45, 7) is 10.6. The van der Waals surface area contributed by atoms with Crippen molar-refractivity contribution in [1.82, 2.24) is 0 Å². The number of alkyl halides is 4. The summed E-state index contributed by atoms with van der Waals surface area (Å²) >= 11 is 0. The van der Waals surface area contributed by atoms with Gasteiger partial charge in [-0.3, -0.25) is 4.79 Å². The Hall–Kier alpha value is -5.51. The van der Waals surface area contributed by atoms with E-state index in [0.717, 1.165) is 64.5 Å². The van der Waals surface area contributed by atoms with Crippen molar-refractivity contribution in [2.24, 2.45) is 11.1 Å². The van der Waals surface area contributed by atoms with Crippen LogP contribution < -0.4 is 9.64 Å². The number of halogens is 4. The predicted molar refractivity (Wildman–Crippen MR) is 215 cm³/mol. The highest BCUT2D eigenvalue weighted by Gasteiger charge is 2.42. The zero-order valence-corrected chi connectivity index (χ0v) is 32.7. The molecule has 10 heteroatoms. The lowest BCUT2D eigenvalue weighted by atomic mass is 9.90. The molecule has 1 atom stereocenters. The molecule has 0 aliphatic carbocycles. The van der Waals surface area contributed by atoms with Gasteiger partial charge in [-0.25, -0.2) is 13.6 Å². The third-order valence-electron chi connectivity index (χ3n) is 9.92. The van der Waals surface area contributed by atoms with Crippen LogP contribution in [0.25, 0.3) is 10.8 Å². The molecule has 0 aliphatic rings. The van der Waals surface area contributed by atoms with Gasteiger partial charge in [0, 0.05) is 52.5 Å². The second-order valence-corrected chi connectivity index (χ2v) is 14.2. The Balaban J connectivity index is 1.60. The van der Waals surface area contributed by atoms with Gasteiger partial charge in [0.15, 0.2) is 12.4 Å². The maximum Gasteiger partial charge on any atom is 0.340 e. The fraction of sp³-hybridized carbons (Fsp3) is 0.326. The second kappa shape index (κ2) is 18.4. The van der Waals surface area contributed by atoms with Crippen molar-refractivity contribution in [1.29, 1.82) is 0 Å². The minimum Gasteiger partial charge on any atom is -0.486 e. The Morgan fingerprint density at radius 3 is 2.09 bits per heavy atom. The molecule has 0 radical (unpaired) electrons. The molecule has 0 bridgehead atoms. The van der Waals surface area contributed by atoms with Crippen LogP contribution in [0, 0.1) is 26.7 Å². The summed E-state index contributed by atoms with van der Waals surface area (Å²) in [5.74, 6) is -4.91. The predicted octanol–water partition coefficient (Wildman–Crippen LogP) is 11.9. The summed E-state index contributed by atoms with van der Waals surface area (Å²) in [6.07, 6.45) is 0.218. The number of para-hydroxylation sites is 1. The molecule has 0 spiro atoms. The number of benzene rings is 5. The Morgan fingerprint density at radius 2 is 1.46 bits per heavy atom. The molecule has 56 heavy (non-hydrogen) atoms. The minimum atomic E-state index is -4.38. The number of aryl methyl sites for hydroxylation is 3. The molecule has 1 unspecified atom stereocenters. The molecule has 5 rings (SSSR count). The number of oxime groups is 1. The van der Waals surface area contributed by atoms with E-state index in [-0.39, 0.29) is 22.8 Å². The van der Waals surface area contributed by atoms with Gasteiger partial charge in [0.05, 0.1) is 0 Å². The topological polar surface area (TPSA) is 68.2 Å². The third kappa shape index (κ3) is 9.64. The van der Waals surface area contributed by atoms with Crippen LogP contribution in [0.3, 0.4) is 0 Å². The molecule has 0 amide bonds. The first-order chi connectivity index (χ1) is 26.7.